The lowest BCUT2D eigenvalue weighted by molar-refractivity contribution is -0.274. The third-order valence-electron chi connectivity index (χ3n) is 5.81. The number of nitrogens with one attached hydrogen (secondary N) is 2. The van der Waals surface area contributed by atoms with E-state index in [0.29, 0.717) is 16.6 Å². The standard InChI is InChI=1S/C26H21F3N6OS/c27-26(28,29)36-21-12-10-20(11-13-21)35-16-30-24(34-35)19-7-5-17(6-8-19)15-31-33-25(37)32-23-14-9-18-3-1-2-4-22(18)23/h1-8,10-13,15-16,23H,9,14H2,(H2,32,33,37)/b31-15+. The number of nitrogens with zero attached hydrogens (tertiary/aromatic N) is 4. The van der Waals surface area contributed by atoms with Crippen molar-refractivity contribution in [1.82, 2.24) is 25.5 Å². The highest BCUT2D eigenvalue weighted by Gasteiger charge is 2.31. The number of halogens is 3. The van der Waals surface area contributed by atoms with Crippen LogP contribution in [0.5, 0.6) is 5.75 Å². The summed E-state index contributed by atoms with van der Waals surface area (Å²) in [4.78, 5) is 4.29. The molecule has 1 aromatic heterocycles. The van der Waals surface area contributed by atoms with Gasteiger partial charge in [-0.1, -0.05) is 48.5 Å². The van der Waals surface area contributed by atoms with Crippen molar-refractivity contribution in [2.24, 2.45) is 5.10 Å². The van der Waals surface area contributed by atoms with Gasteiger partial charge in [0.2, 0.25) is 0 Å². The van der Waals surface area contributed by atoms with Crippen LogP contribution in [-0.4, -0.2) is 32.5 Å². The Bertz CT molecular complexity index is 1420. The van der Waals surface area contributed by atoms with E-state index in [-0.39, 0.29) is 11.8 Å². The molecule has 0 aliphatic heterocycles. The summed E-state index contributed by atoms with van der Waals surface area (Å²) < 4.78 is 42.4. The zero-order valence-electron chi connectivity index (χ0n) is 19.3. The van der Waals surface area contributed by atoms with E-state index in [2.05, 4.69) is 42.8 Å². The molecule has 1 aliphatic rings. The maximum Gasteiger partial charge on any atom is 0.573 e. The minimum atomic E-state index is -4.74. The third-order valence-corrected chi connectivity index (χ3v) is 6.02. The molecule has 0 saturated carbocycles. The molecule has 1 unspecified atom stereocenters. The predicted octanol–water partition coefficient (Wildman–Crippen LogP) is 5.32. The summed E-state index contributed by atoms with van der Waals surface area (Å²) in [7, 11) is 0. The molecule has 1 aliphatic carbocycles. The minimum Gasteiger partial charge on any atom is -0.406 e. The number of benzene rings is 3. The van der Waals surface area contributed by atoms with E-state index in [4.69, 9.17) is 12.2 Å². The van der Waals surface area contributed by atoms with Crippen LogP contribution in [0.25, 0.3) is 17.1 Å². The summed E-state index contributed by atoms with van der Waals surface area (Å²) in [5.74, 6) is 0.170. The van der Waals surface area contributed by atoms with E-state index >= 15 is 0 Å². The lowest BCUT2D eigenvalue weighted by Gasteiger charge is -2.15. The Morgan fingerprint density at radius 3 is 2.57 bits per heavy atom. The van der Waals surface area contributed by atoms with Gasteiger partial charge in [0.15, 0.2) is 10.9 Å². The van der Waals surface area contributed by atoms with E-state index in [9.17, 15) is 13.2 Å². The second-order valence-corrected chi connectivity index (χ2v) is 8.72. The topological polar surface area (TPSA) is 76.4 Å². The fourth-order valence-electron chi connectivity index (χ4n) is 4.10. The van der Waals surface area contributed by atoms with Crippen LogP contribution in [-0.2, 0) is 6.42 Å². The highest BCUT2D eigenvalue weighted by atomic mass is 32.1. The molecule has 2 N–H and O–H groups in total. The normalized spacial score (nSPS) is 14.9. The van der Waals surface area contributed by atoms with Gasteiger partial charge in [0.1, 0.15) is 12.1 Å². The molecule has 7 nitrogen and oxygen atoms in total. The fraction of sp³-hybridized carbons (Fsp3) is 0.154. The van der Waals surface area contributed by atoms with Gasteiger partial charge in [-0.3, -0.25) is 5.43 Å². The summed E-state index contributed by atoms with van der Waals surface area (Å²) >= 11 is 5.38. The number of hydrogen-bond acceptors (Lipinski definition) is 5. The molecule has 0 amide bonds. The van der Waals surface area contributed by atoms with Crippen molar-refractivity contribution in [1.29, 1.82) is 0 Å². The number of thiocarbonyl (C=S) groups is 1. The first-order valence-electron chi connectivity index (χ1n) is 11.4. The summed E-state index contributed by atoms with van der Waals surface area (Å²) in [6.45, 7) is 0. The molecule has 0 radical (unpaired) electrons. The maximum atomic E-state index is 12.3. The average Bonchev–Trinajstić information content (AvgIpc) is 3.52. The summed E-state index contributed by atoms with van der Waals surface area (Å²) in [5.41, 5.74) is 7.66. The molecule has 3 aromatic carbocycles. The van der Waals surface area contributed by atoms with Crippen molar-refractivity contribution >= 4 is 23.5 Å². The predicted molar refractivity (Wildman–Crippen MR) is 137 cm³/mol. The molecule has 1 atom stereocenters. The number of fused-ring (bicyclic) bond motifs is 1. The SMILES string of the molecule is FC(F)(F)Oc1ccc(-n2cnc(-c3ccc(/C=N/NC(=S)NC4CCc5ccccc54)cc3)n2)cc1. The molecule has 5 rings (SSSR count). The highest BCUT2D eigenvalue weighted by Crippen LogP contribution is 2.30. The van der Waals surface area contributed by atoms with Crippen LogP contribution in [0.3, 0.4) is 0 Å². The van der Waals surface area contributed by atoms with Crippen molar-refractivity contribution in [3.8, 4) is 22.8 Å². The minimum absolute atomic E-state index is 0.184. The van der Waals surface area contributed by atoms with Crippen molar-refractivity contribution < 1.29 is 17.9 Å². The van der Waals surface area contributed by atoms with Crippen molar-refractivity contribution in [3.05, 3.63) is 95.8 Å². The molecule has 0 spiro atoms. The molecular weight excluding hydrogens is 501 g/mol. The van der Waals surface area contributed by atoms with Crippen molar-refractivity contribution in [2.45, 2.75) is 25.2 Å². The number of hydrogen-bond donors (Lipinski definition) is 2. The Hall–Kier alpha value is -4.25. The van der Waals surface area contributed by atoms with Gasteiger partial charge >= 0.3 is 6.36 Å². The van der Waals surface area contributed by atoms with Crippen LogP contribution in [0, 0.1) is 0 Å². The summed E-state index contributed by atoms with van der Waals surface area (Å²) in [6, 6.07) is 21.4. The van der Waals surface area contributed by atoms with Crippen LogP contribution < -0.4 is 15.5 Å². The van der Waals surface area contributed by atoms with E-state index in [1.807, 2.05) is 36.4 Å². The van der Waals surface area contributed by atoms with Gasteiger partial charge in [0.25, 0.3) is 0 Å². The van der Waals surface area contributed by atoms with Crippen LogP contribution in [0.2, 0.25) is 0 Å². The lowest BCUT2D eigenvalue weighted by Crippen LogP contribution is -2.34. The van der Waals surface area contributed by atoms with Gasteiger partial charge in [-0.2, -0.15) is 5.10 Å². The molecule has 1 heterocycles. The second-order valence-electron chi connectivity index (χ2n) is 8.31. The second kappa shape index (κ2) is 10.4. The smallest absolute Gasteiger partial charge is 0.406 e. The fourth-order valence-corrected chi connectivity index (χ4v) is 4.30. The van der Waals surface area contributed by atoms with Crippen LogP contribution in [0.4, 0.5) is 13.2 Å². The first-order valence-corrected chi connectivity index (χ1v) is 11.8. The maximum absolute atomic E-state index is 12.3. The number of alkyl halides is 3. The number of rotatable bonds is 6. The number of aromatic nitrogens is 3. The molecule has 0 bridgehead atoms. The summed E-state index contributed by atoms with van der Waals surface area (Å²) in [6.07, 6.45) is 0.443. The largest absolute Gasteiger partial charge is 0.573 e. The van der Waals surface area contributed by atoms with Crippen molar-refractivity contribution in [2.75, 3.05) is 0 Å². The third kappa shape index (κ3) is 6.12. The van der Waals surface area contributed by atoms with Crippen LogP contribution >= 0.6 is 12.2 Å². The number of hydrazone groups is 1. The number of ether oxygens (including phenoxy) is 1. The Balaban J connectivity index is 1.16. The summed E-state index contributed by atoms with van der Waals surface area (Å²) in [5, 5.41) is 12.4. The molecule has 188 valence electrons. The molecule has 0 fully saturated rings. The van der Waals surface area contributed by atoms with Gasteiger partial charge in [-0.15, -0.1) is 18.3 Å². The number of aryl methyl sites for hydroxylation is 1. The monoisotopic (exact) mass is 522 g/mol. The first kappa shape index (κ1) is 24.4. The van der Waals surface area contributed by atoms with Gasteiger partial charge in [0, 0.05) is 5.56 Å². The van der Waals surface area contributed by atoms with E-state index in [1.165, 1.54) is 46.4 Å². The average molecular weight is 523 g/mol. The quantitative estimate of drug-likeness (QED) is 0.203. The Morgan fingerprint density at radius 2 is 1.81 bits per heavy atom. The van der Waals surface area contributed by atoms with E-state index in [1.54, 1.807) is 6.21 Å². The Kier molecular flexibility index (Phi) is 6.87. The van der Waals surface area contributed by atoms with E-state index < -0.39 is 6.36 Å². The van der Waals surface area contributed by atoms with E-state index in [0.717, 1.165) is 24.0 Å². The van der Waals surface area contributed by atoms with Gasteiger partial charge in [0.05, 0.1) is 17.9 Å². The molecular formula is C26H21F3N6OS. The molecule has 0 saturated heterocycles. The van der Waals surface area contributed by atoms with Gasteiger partial charge in [-0.05, 0) is 66.0 Å². The lowest BCUT2D eigenvalue weighted by atomic mass is 10.1. The Morgan fingerprint density at radius 1 is 1.05 bits per heavy atom. The molecule has 11 heteroatoms. The van der Waals surface area contributed by atoms with Crippen LogP contribution in [0.1, 0.15) is 29.2 Å². The van der Waals surface area contributed by atoms with Crippen LogP contribution in [0.15, 0.2) is 84.2 Å². The first-order chi connectivity index (χ1) is 17.8. The van der Waals surface area contributed by atoms with Gasteiger partial charge < -0.3 is 10.1 Å². The Labute approximate surface area is 216 Å². The van der Waals surface area contributed by atoms with Crippen molar-refractivity contribution in [3.63, 3.8) is 0 Å². The molecule has 4 aromatic rings. The zero-order chi connectivity index (χ0) is 25.8. The highest BCUT2D eigenvalue weighted by molar-refractivity contribution is 7.80. The van der Waals surface area contributed by atoms with Gasteiger partial charge in [-0.25, -0.2) is 9.67 Å². The zero-order valence-corrected chi connectivity index (χ0v) is 20.1. The molecule has 37 heavy (non-hydrogen) atoms.